The van der Waals surface area contributed by atoms with Gasteiger partial charge in [-0.05, 0) is 29.7 Å². The van der Waals surface area contributed by atoms with Crippen LogP contribution in [0.3, 0.4) is 0 Å². The molecule has 0 radical (unpaired) electrons. The van der Waals surface area contributed by atoms with Gasteiger partial charge in [0.15, 0.2) is 0 Å². The van der Waals surface area contributed by atoms with E-state index >= 15 is 0 Å². The number of rotatable bonds is 5. The second kappa shape index (κ2) is 7.38. The first kappa shape index (κ1) is 17.0. The van der Waals surface area contributed by atoms with Crippen LogP contribution in [0.15, 0.2) is 54.6 Å². The molecule has 1 saturated heterocycles. The van der Waals surface area contributed by atoms with Crippen molar-refractivity contribution < 1.29 is 19.4 Å². The van der Waals surface area contributed by atoms with Crippen LogP contribution in [0.25, 0.3) is 0 Å². The zero-order valence-electron chi connectivity index (χ0n) is 14.1. The molecule has 5 nitrogen and oxygen atoms in total. The van der Waals surface area contributed by atoms with Gasteiger partial charge in [0.2, 0.25) is 5.91 Å². The van der Waals surface area contributed by atoms with Gasteiger partial charge in [0.25, 0.3) is 0 Å². The maximum absolute atomic E-state index is 12.6. The normalized spacial score (nSPS) is 20.4. The highest BCUT2D eigenvalue weighted by atomic mass is 16.5. The number of likely N-dealkylation sites (tertiary alicyclic amines) is 1. The van der Waals surface area contributed by atoms with Crippen molar-refractivity contribution in [3.63, 3.8) is 0 Å². The fraction of sp³-hybridized carbons (Fsp3) is 0.300. The number of amides is 1. The number of carboxylic acids is 1. The molecule has 25 heavy (non-hydrogen) atoms. The van der Waals surface area contributed by atoms with E-state index in [1.54, 1.807) is 24.1 Å². The number of ether oxygens (including phenoxy) is 1. The van der Waals surface area contributed by atoms with E-state index in [1.165, 1.54) is 0 Å². The van der Waals surface area contributed by atoms with Gasteiger partial charge >= 0.3 is 5.97 Å². The fourth-order valence-electron chi connectivity index (χ4n) is 3.39. The minimum absolute atomic E-state index is 0.0119. The average molecular weight is 339 g/mol. The number of piperidine rings is 1. The van der Waals surface area contributed by atoms with Crippen molar-refractivity contribution in [1.29, 1.82) is 0 Å². The summed E-state index contributed by atoms with van der Waals surface area (Å²) in [6.45, 7) is 0.403. The lowest BCUT2D eigenvalue weighted by atomic mass is 9.84. The number of aliphatic carboxylic acids is 1. The van der Waals surface area contributed by atoms with Crippen LogP contribution < -0.4 is 4.74 Å². The maximum atomic E-state index is 12.6. The van der Waals surface area contributed by atoms with Crippen LogP contribution in [0.5, 0.6) is 5.75 Å². The van der Waals surface area contributed by atoms with Gasteiger partial charge in [-0.2, -0.15) is 0 Å². The van der Waals surface area contributed by atoms with E-state index in [0.717, 1.165) is 11.1 Å². The monoisotopic (exact) mass is 339 g/mol. The zero-order chi connectivity index (χ0) is 17.8. The number of carbonyl (C=O) groups excluding carboxylic acids is 1. The second-order valence-electron chi connectivity index (χ2n) is 6.21. The number of hydrogen-bond donors (Lipinski definition) is 1. The summed E-state index contributed by atoms with van der Waals surface area (Å²) in [5.74, 6) is -0.796. The summed E-state index contributed by atoms with van der Waals surface area (Å²) in [5.41, 5.74) is 1.80. The predicted octanol–water partition coefficient (Wildman–Crippen LogP) is 3.26. The van der Waals surface area contributed by atoms with Crippen molar-refractivity contribution in [3.05, 3.63) is 65.7 Å². The number of carbonyl (C=O) groups is 2. The molecule has 1 aliphatic rings. The maximum Gasteiger partial charge on any atom is 0.308 e. The Morgan fingerprint density at radius 3 is 2.44 bits per heavy atom. The van der Waals surface area contributed by atoms with Crippen LogP contribution >= 0.6 is 0 Å². The molecule has 5 heteroatoms. The SMILES string of the molecule is COc1ccc([C@@H]2[C@H](C(=O)O)CCC(=O)N2Cc2ccccc2)cc1. The number of benzene rings is 2. The Balaban J connectivity index is 1.97. The van der Waals surface area contributed by atoms with Gasteiger partial charge in [-0.15, -0.1) is 0 Å². The first-order valence-electron chi connectivity index (χ1n) is 8.30. The quantitative estimate of drug-likeness (QED) is 0.908. The fourth-order valence-corrected chi connectivity index (χ4v) is 3.39. The Hall–Kier alpha value is -2.82. The van der Waals surface area contributed by atoms with Crippen LogP contribution in [-0.2, 0) is 16.1 Å². The highest BCUT2D eigenvalue weighted by molar-refractivity contribution is 5.81. The third-order valence-corrected chi connectivity index (χ3v) is 4.68. The zero-order valence-corrected chi connectivity index (χ0v) is 14.1. The van der Waals surface area contributed by atoms with Gasteiger partial charge in [0.1, 0.15) is 5.75 Å². The molecule has 130 valence electrons. The smallest absolute Gasteiger partial charge is 0.308 e. The van der Waals surface area contributed by atoms with Crippen LogP contribution in [0, 0.1) is 5.92 Å². The molecule has 1 amide bonds. The molecule has 0 aromatic heterocycles. The molecule has 1 N–H and O–H groups in total. The lowest BCUT2D eigenvalue weighted by Gasteiger charge is -2.40. The summed E-state index contributed by atoms with van der Waals surface area (Å²) in [6, 6.07) is 16.5. The van der Waals surface area contributed by atoms with E-state index in [1.807, 2.05) is 42.5 Å². The third-order valence-electron chi connectivity index (χ3n) is 4.68. The molecular weight excluding hydrogens is 318 g/mol. The Morgan fingerprint density at radius 2 is 1.84 bits per heavy atom. The second-order valence-corrected chi connectivity index (χ2v) is 6.21. The van der Waals surface area contributed by atoms with Crippen LogP contribution in [0.4, 0.5) is 0 Å². The van der Waals surface area contributed by atoms with Crippen molar-refractivity contribution >= 4 is 11.9 Å². The number of methoxy groups -OCH3 is 1. The highest BCUT2D eigenvalue weighted by Gasteiger charge is 2.40. The van der Waals surface area contributed by atoms with Gasteiger partial charge in [0.05, 0.1) is 19.1 Å². The lowest BCUT2D eigenvalue weighted by molar-refractivity contribution is -0.152. The van der Waals surface area contributed by atoms with Gasteiger partial charge in [-0.3, -0.25) is 9.59 Å². The number of nitrogens with zero attached hydrogens (tertiary/aromatic N) is 1. The summed E-state index contributed by atoms with van der Waals surface area (Å²) in [6.07, 6.45) is 0.618. The van der Waals surface area contributed by atoms with Crippen molar-refractivity contribution in [2.75, 3.05) is 7.11 Å². The topological polar surface area (TPSA) is 66.8 Å². The summed E-state index contributed by atoms with van der Waals surface area (Å²) in [4.78, 5) is 26.1. The summed E-state index contributed by atoms with van der Waals surface area (Å²) >= 11 is 0. The first-order valence-corrected chi connectivity index (χ1v) is 8.30. The molecule has 0 bridgehead atoms. The molecule has 2 aromatic rings. The molecule has 1 heterocycles. The molecular formula is C20H21NO4. The molecule has 1 aliphatic heterocycles. The number of hydrogen-bond acceptors (Lipinski definition) is 3. The lowest BCUT2D eigenvalue weighted by Crippen LogP contribution is -2.44. The van der Waals surface area contributed by atoms with Crippen molar-refractivity contribution in [2.45, 2.75) is 25.4 Å². The van der Waals surface area contributed by atoms with Crippen molar-refractivity contribution in [1.82, 2.24) is 4.90 Å². The van der Waals surface area contributed by atoms with E-state index in [9.17, 15) is 14.7 Å². The summed E-state index contributed by atoms with van der Waals surface area (Å²) in [5, 5.41) is 9.68. The Labute approximate surface area is 146 Å². The van der Waals surface area contributed by atoms with Crippen molar-refractivity contribution in [3.8, 4) is 5.75 Å². The molecule has 0 unspecified atom stereocenters. The Kier molecular flexibility index (Phi) is 5.03. The van der Waals surface area contributed by atoms with Gasteiger partial charge in [-0.1, -0.05) is 42.5 Å². The van der Waals surface area contributed by atoms with E-state index in [0.29, 0.717) is 18.7 Å². The van der Waals surface area contributed by atoms with E-state index in [-0.39, 0.29) is 12.3 Å². The van der Waals surface area contributed by atoms with E-state index in [4.69, 9.17) is 4.74 Å². The van der Waals surface area contributed by atoms with Crippen LogP contribution in [-0.4, -0.2) is 29.0 Å². The predicted molar refractivity (Wildman–Crippen MR) is 93.1 cm³/mol. The minimum Gasteiger partial charge on any atom is -0.497 e. The van der Waals surface area contributed by atoms with E-state index in [2.05, 4.69) is 0 Å². The Bertz CT molecular complexity index is 742. The number of carboxylic acid groups (broad SMARTS) is 1. The van der Waals surface area contributed by atoms with Crippen LogP contribution in [0.2, 0.25) is 0 Å². The highest BCUT2D eigenvalue weighted by Crippen LogP contribution is 2.38. The van der Waals surface area contributed by atoms with Crippen molar-refractivity contribution in [2.24, 2.45) is 5.92 Å². The molecule has 0 aliphatic carbocycles. The van der Waals surface area contributed by atoms with E-state index < -0.39 is 17.9 Å². The molecule has 0 spiro atoms. The standard InChI is InChI=1S/C20H21NO4/c1-25-16-9-7-15(8-10-16)19-17(20(23)24)11-12-18(22)21(19)13-14-5-3-2-4-6-14/h2-10,17,19H,11-13H2,1H3,(H,23,24)/t17-,19-/m1/s1. The minimum atomic E-state index is -0.869. The molecule has 2 atom stereocenters. The largest absolute Gasteiger partial charge is 0.497 e. The van der Waals surface area contributed by atoms with Gasteiger partial charge < -0.3 is 14.7 Å². The molecule has 3 rings (SSSR count). The third kappa shape index (κ3) is 3.65. The molecule has 1 fully saturated rings. The average Bonchev–Trinajstić information content (AvgIpc) is 2.64. The van der Waals surface area contributed by atoms with Crippen LogP contribution in [0.1, 0.15) is 30.0 Å². The molecule has 2 aromatic carbocycles. The summed E-state index contributed by atoms with van der Waals surface area (Å²) in [7, 11) is 1.58. The summed E-state index contributed by atoms with van der Waals surface area (Å²) < 4.78 is 5.18. The van der Waals surface area contributed by atoms with Gasteiger partial charge in [0, 0.05) is 13.0 Å². The Morgan fingerprint density at radius 1 is 1.16 bits per heavy atom. The first-order chi connectivity index (χ1) is 12.1. The van der Waals surface area contributed by atoms with Gasteiger partial charge in [-0.25, -0.2) is 0 Å². The molecule has 0 saturated carbocycles.